The van der Waals surface area contributed by atoms with Gasteiger partial charge in [0.25, 0.3) is 0 Å². The lowest BCUT2D eigenvalue weighted by Gasteiger charge is -2.54. The largest absolute Gasteiger partial charge is 0.462 e. The summed E-state index contributed by atoms with van der Waals surface area (Å²) in [6.07, 6.45) is 10.9. The van der Waals surface area contributed by atoms with Crippen LogP contribution in [0.4, 0.5) is 0 Å². The number of carbonyl (C=O) groups is 2. The summed E-state index contributed by atoms with van der Waals surface area (Å²) in [5.74, 6) is 0.232. The first-order valence-corrected chi connectivity index (χ1v) is 9.67. The zero-order valence-corrected chi connectivity index (χ0v) is 16.6. The fourth-order valence-corrected chi connectivity index (χ4v) is 5.29. The van der Waals surface area contributed by atoms with Crippen molar-refractivity contribution in [1.29, 1.82) is 0 Å². The molecule has 0 unspecified atom stereocenters. The van der Waals surface area contributed by atoms with Crippen LogP contribution in [0.3, 0.4) is 0 Å². The van der Waals surface area contributed by atoms with Crippen LogP contribution in [-0.2, 0) is 14.3 Å². The summed E-state index contributed by atoms with van der Waals surface area (Å²) in [6.45, 7) is 10.8. The van der Waals surface area contributed by atoms with Gasteiger partial charge >= 0.3 is 5.97 Å². The Bertz CT molecular complexity index is 586. The van der Waals surface area contributed by atoms with Gasteiger partial charge in [-0.05, 0) is 69.8 Å². The van der Waals surface area contributed by atoms with Crippen LogP contribution in [0.2, 0.25) is 0 Å². The molecule has 0 radical (unpaired) electrons. The van der Waals surface area contributed by atoms with Crippen LogP contribution in [0, 0.1) is 16.7 Å². The molecule has 3 heteroatoms. The lowest BCUT2D eigenvalue weighted by molar-refractivity contribution is -0.139. The van der Waals surface area contributed by atoms with E-state index in [1.54, 1.807) is 5.57 Å². The van der Waals surface area contributed by atoms with Crippen LogP contribution in [-0.4, -0.2) is 18.9 Å². The van der Waals surface area contributed by atoms with E-state index in [4.69, 9.17) is 4.74 Å². The number of hydrogen-bond donors (Lipinski definition) is 0. The Kier molecular flexibility index (Phi) is 6.29. The van der Waals surface area contributed by atoms with E-state index in [2.05, 4.69) is 27.7 Å². The van der Waals surface area contributed by atoms with Gasteiger partial charge in [-0.2, -0.15) is 0 Å². The van der Waals surface area contributed by atoms with Crippen molar-refractivity contribution in [2.45, 2.75) is 79.6 Å². The van der Waals surface area contributed by atoms with Crippen LogP contribution in [0.1, 0.15) is 79.6 Å². The van der Waals surface area contributed by atoms with Gasteiger partial charge in [-0.1, -0.05) is 37.0 Å². The van der Waals surface area contributed by atoms with Crippen LogP contribution in [0.5, 0.6) is 0 Å². The molecule has 2 aliphatic carbocycles. The van der Waals surface area contributed by atoms with E-state index in [0.717, 1.165) is 38.5 Å². The minimum Gasteiger partial charge on any atom is -0.462 e. The molecule has 0 aliphatic heterocycles. The number of aldehydes is 1. The number of hydrogen-bond acceptors (Lipinski definition) is 3. The Morgan fingerprint density at radius 1 is 1.28 bits per heavy atom. The topological polar surface area (TPSA) is 43.4 Å². The van der Waals surface area contributed by atoms with Crippen molar-refractivity contribution < 1.29 is 14.3 Å². The highest BCUT2D eigenvalue weighted by Gasteiger charge is 2.51. The van der Waals surface area contributed by atoms with Crippen LogP contribution < -0.4 is 0 Å². The highest BCUT2D eigenvalue weighted by Crippen LogP contribution is 2.59. The van der Waals surface area contributed by atoms with E-state index in [9.17, 15) is 9.59 Å². The maximum atomic E-state index is 11.8. The zero-order valence-electron chi connectivity index (χ0n) is 16.6. The van der Waals surface area contributed by atoms with E-state index < -0.39 is 0 Å². The Morgan fingerprint density at radius 2 is 2.00 bits per heavy atom. The van der Waals surface area contributed by atoms with Crippen LogP contribution >= 0.6 is 0 Å². The molecule has 0 aromatic carbocycles. The molecule has 2 rings (SSSR count). The molecule has 0 heterocycles. The Morgan fingerprint density at radius 3 is 2.64 bits per heavy atom. The standard InChI is InChI=1S/C22H34O3/c1-16(11-14-25-18(3)24)7-9-19-17(2)8-10-20-21(4,15-23)12-6-13-22(19,20)5/h11,15,20H,6-10,12-14H2,1-5H3/b16-11+/t20-,21+,22+/m0/s1. The molecule has 1 saturated carbocycles. The smallest absolute Gasteiger partial charge is 0.302 e. The number of carbonyl (C=O) groups excluding carboxylic acids is 2. The summed E-state index contributed by atoms with van der Waals surface area (Å²) < 4.78 is 5.01. The molecule has 0 spiro atoms. The molecule has 3 nitrogen and oxygen atoms in total. The van der Waals surface area contributed by atoms with Gasteiger partial charge in [-0.25, -0.2) is 0 Å². The fourth-order valence-electron chi connectivity index (χ4n) is 5.29. The molecule has 3 atom stereocenters. The molecular weight excluding hydrogens is 312 g/mol. The van der Waals surface area contributed by atoms with Crippen molar-refractivity contribution in [3.05, 3.63) is 22.8 Å². The van der Waals surface area contributed by atoms with Gasteiger partial charge in [-0.3, -0.25) is 4.79 Å². The summed E-state index contributed by atoms with van der Waals surface area (Å²) in [4.78, 5) is 22.7. The monoisotopic (exact) mass is 346 g/mol. The van der Waals surface area contributed by atoms with E-state index in [1.807, 2.05) is 6.08 Å². The summed E-state index contributed by atoms with van der Waals surface area (Å²) >= 11 is 0. The first-order valence-electron chi connectivity index (χ1n) is 9.67. The molecule has 0 aromatic rings. The average Bonchev–Trinajstić information content (AvgIpc) is 2.53. The molecule has 0 saturated heterocycles. The maximum Gasteiger partial charge on any atom is 0.302 e. The predicted molar refractivity (Wildman–Crippen MR) is 101 cm³/mol. The summed E-state index contributed by atoms with van der Waals surface area (Å²) in [6, 6.07) is 0. The summed E-state index contributed by atoms with van der Waals surface area (Å²) in [7, 11) is 0. The van der Waals surface area contributed by atoms with Crippen molar-refractivity contribution in [3.8, 4) is 0 Å². The van der Waals surface area contributed by atoms with E-state index in [-0.39, 0.29) is 16.8 Å². The molecule has 1 fully saturated rings. The van der Waals surface area contributed by atoms with Gasteiger partial charge in [0.15, 0.2) is 0 Å². The Balaban J connectivity index is 2.13. The van der Waals surface area contributed by atoms with Gasteiger partial charge < -0.3 is 9.53 Å². The average molecular weight is 347 g/mol. The third kappa shape index (κ3) is 4.24. The SMILES string of the molecule is CC(=O)OC/C=C(\C)CCC1=C(C)CC[C@H]2[C@@](C)(C=O)CCC[C@]12C. The lowest BCUT2D eigenvalue weighted by Crippen LogP contribution is -2.47. The van der Waals surface area contributed by atoms with Crippen molar-refractivity contribution in [3.63, 3.8) is 0 Å². The van der Waals surface area contributed by atoms with Crippen molar-refractivity contribution in [1.82, 2.24) is 0 Å². The minimum atomic E-state index is -0.236. The molecule has 0 bridgehead atoms. The molecule has 0 N–H and O–H groups in total. The second-order valence-corrected chi connectivity index (χ2v) is 8.60. The second kappa shape index (κ2) is 7.88. The Hall–Kier alpha value is -1.38. The van der Waals surface area contributed by atoms with Gasteiger partial charge in [-0.15, -0.1) is 0 Å². The third-order valence-electron chi connectivity index (χ3n) is 6.75. The molecule has 25 heavy (non-hydrogen) atoms. The first-order chi connectivity index (χ1) is 11.7. The van der Waals surface area contributed by atoms with Crippen molar-refractivity contribution in [2.75, 3.05) is 6.61 Å². The quantitative estimate of drug-likeness (QED) is 0.367. The molecule has 140 valence electrons. The van der Waals surface area contributed by atoms with Gasteiger partial charge in [0.05, 0.1) is 0 Å². The maximum absolute atomic E-state index is 11.8. The summed E-state index contributed by atoms with van der Waals surface area (Å²) in [5, 5.41) is 0. The minimum absolute atomic E-state index is 0.159. The van der Waals surface area contributed by atoms with Crippen LogP contribution in [0.15, 0.2) is 22.8 Å². The Labute approximate surface area is 152 Å². The van der Waals surface area contributed by atoms with E-state index in [1.165, 1.54) is 30.8 Å². The van der Waals surface area contributed by atoms with Gasteiger partial charge in [0.2, 0.25) is 0 Å². The molecule has 2 aliphatic rings. The fraction of sp³-hybridized carbons (Fsp3) is 0.727. The van der Waals surface area contributed by atoms with Crippen molar-refractivity contribution in [2.24, 2.45) is 16.7 Å². The van der Waals surface area contributed by atoms with Gasteiger partial charge in [0.1, 0.15) is 12.9 Å². The number of esters is 1. The van der Waals surface area contributed by atoms with E-state index >= 15 is 0 Å². The number of allylic oxidation sites excluding steroid dienone is 3. The summed E-state index contributed by atoms with van der Waals surface area (Å²) in [5.41, 5.74) is 4.37. The number of fused-ring (bicyclic) bond motifs is 1. The molecule has 0 aromatic heterocycles. The molecular formula is C22H34O3. The number of rotatable bonds is 6. The predicted octanol–water partition coefficient (Wildman–Crippen LogP) is 5.40. The first kappa shape index (κ1) is 19.9. The zero-order chi connectivity index (χ0) is 18.7. The van der Waals surface area contributed by atoms with Crippen LogP contribution in [0.25, 0.3) is 0 Å². The highest BCUT2D eigenvalue weighted by molar-refractivity contribution is 5.66. The third-order valence-corrected chi connectivity index (χ3v) is 6.75. The van der Waals surface area contributed by atoms with Gasteiger partial charge in [0, 0.05) is 12.3 Å². The lowest BCUT2D eigenvalue weighted by atomic mass is 9.49. The molecule has 0 amide bonds. The number of ether oxygens (including phenoxy) is 1. The second-order valence-electron chi connectivity index (χ2n) is 8.60. The van der Waals surface area contributed by atoms with E-state index in [0.29, 0.717) is 12.5 Å². The normalized spacial score (nSPS) is 33.0. The van der Waals surface area contributed by atoms with Crippen molar-refractivity contribution >= 4 is 12.3 Å². The highest BCUT2D eigenvalue weighted by atomic mass is 16.5.